The van der Waals surface area contributed by atoms with Crippen LogP contribution in [0, 0.1) is 5.82 Å². The van der Waals surface area contributed by atoms with Gasteiger partial charge in [-0.2, -0.15) is 0 Å². The summed E-state index contributed by atoms with van der Waals surface area (Å²) >= 11 is 5.59. The molecular weight excluding hydrogens is 317 g/mol. The van der Waals surface area contributed by atoms with Crippen molar-refractivity contribution >= 4 is 33.1 Å². The molecule has 0 aromatic heterocycles. The molecule has 0 aliphatic rings. The van der Waals surface area contributed by atoms with Crippen molar-refractivity contribution in [2.24, 2.45) is 0 Å². The lowest BCUT2D eigenvalue weighted by Crippen LogP contribution is -2.14. The molecule has 7 heteroatoms. The monoisotopic (exact) mass is 327 g/mol. The lowest BCUT2D eigenvalue weighted by molar-refractivity contribution is 0.101. The maximum absolute atomic E-state index is 13.7. The normalized spacial score (nSPS) is 11.2. The fourth-order valence-electron chi connectivity index (χ4n) is 1.68. The van der Waals surface area contributed by atoms with Gasteiger partial charge in [-0.05, 0) is 49.4 Å². The van der Waals surface area contributed by atoms with Gasteiger partial charge in [0.2, 0.25) is 0 Å². The van der Waals surface area contributed by atoms with E-state index in [0.717, 1.165) is 12.1 Å². The zero-order valence-electron chi connectivity index (χ0n) is 10.9. The summed E-state index contributed by atoms with van der Waals surface area (Å²) < 4.78 is 40.1. The Morgan fingerprint density at radius 2 is 1.76 bits per heavy atom. The van der Waals surface area contributed by atoms with Gasteiger partial charge >= 0.3 is 0 Å². The summed E-state index contributed by atoms with van der Waals surface area (Å²) in [5, 5.41) is 0.109. The molecule has 2 rings (SSSR count). The molecule has 0 heterocycles. The van der Waals surface area contributed by atoms with E-state index in [-0.39, 0.29) is 16.5 Å². The van der Waals surface area contributed by atoms with Gasteiger partial charge in [-0.15, -0.1) is 0 Å². The molecule has 0 bridgehead atoms. The predicted molar refractivity (Wildman–Crippen MR) is 78.7 cm³/mol. The second-order valence-electron chi connectivity index (χ2n) is 4.31. The molecule has 2 aromatic carbocycles. The molecule has 0 unspecified atom stereocenters. The third-order valence-corrected chi connectivity index (χ3v) is 4.38. The van der Waals surface area contributed by atoms with Crippen molar-refractivity contribution in [2.45, 2.75) is 11.8 Å². The zero-order chi connectivity index (χ0) is 15.6. The Hall–Kier alpha value is -1.92. The number of carbonyl (C=O) groups is 1. The minimum Gasteiger partial charge on any atom is -0.295 e. The number of carbonyl (C=O) groups excluding carboxylic acids is 1. The molecule has 0 aliphatic carbocycles. The highest BCUT2D eigenvalue weighted by Gasteiger charge is 2.19. The van der Waals surface area contributed by atoms with E-state index in [1.54, 1.807) is 0 Å². The highest BCUT2D eigenvalue weighted by Crippen LogP contribution is 2.22. The summed E-state index contributed by atoms with van der Waals surface area (Å²) in [4.78, 5) is 10.6. The van der Waals surface area contributed by atoms with Crippen molar-refractivity contribution < 1.29 is 17.6 Å². The number of anilines is 1. The van der Waals surface area contributed by atoms with Gasteiger partial charge < -0.3 is 0 Å². The summed E-state index contributed by atoms with van der Waals surface area (Å²) in [5.41, 5.74) is 0.685. The van der Waals surface area contributed by atoms with Crippen LogP contribution in [0.25, 0.3) is 0 Å². The summed E-state index contributed by atoms with van der Waals surface area (Å²) in [6.07, 6.45) is 0. The summed E-state index contributed by atoms with van der Waals surface area (Å²) in [5.74, 6) is -1.07. The number of ketones is 1. The van der Waals surface area contributed by atoms with E-state index in [9.17, 15) is 17.6 Å². The molecular formula is C14H11ClFNO3S. The Labute approximate surface area is 126 Å². The van der Waals surface area contributed by atoms with E-state index in [0.29, 0.717) is 5.56 Å². The van der Waals surface area contributed by atoms with Gasteiger partial charge in [0, 0.05) is 16.3 Å². The maximum atomic E-state index is 13.7. The summed E-state index contributed by atoms with van der Waals surface area (Å²) in [6.45, 7) is 1.41. The van der Waals surface area contributed by atoms with Gasteiger partial charge in [0.25, 0.3) is 10.0 Å². The molecule has 110 valence electrons. The van der Waals surface area contributed by atoms with Gasteiger partial charge in [-0.1, -0.05) is 11.6 Å². The van der Waals surface area contributed by atoms with Crippen molar-refractivity contribution in [3.63, 3.8) is 0 Å². The van der Waals surface area contributed by atoms with Crippen LogP contribution < -0.4 is 4.72 Å². The number of nitrogens with one attached hydrogen (secondary N) is 1. The lowest BCUT2D eigenvalue weighted by Gasteiger charge is -2.09. The Bertz CT molecular complexity index is 788. The van der Waals surface area contributed by atoms with E-state index in [4.69, 9.17) is 11.6 Å². The van der Waals surface area contributed by atoms with Crippen molar-refractivity contribution in [1.82, 2.24) is 0 Å². The largest absolute Gasteiger partial charge is 0.295 e. The Morgan fingerprint density at radius 3 is 2.29 bits per heavy atom. The maximum Gasteiger partial charge on any atom is 0.264 e. The van der Waals surface area contributed by atoms with Crippen molar-refractivity contribution in [1.29, 1.82) is 0 Å². The molecule has 4 nitrogen and oxygen atoms in total. The first-order valence-electron chi connectivity index (χ1n) is 5.88. The third-order valence-electron chi connectivity index (χ3n) is 2.73. The van der Waals surface area contributed by atoms with Gasteiger partial charge in [0.15, 0.2) is 5.78 Å². The van der Waals surface area contributed by atoms with Crippen LogP contribution in [0.1, 0.15) is 17.3 Å². The minimum absolute atomic E-state index is 0.109. The van der Waals surface area contributed by atoms with Crippen LogP contribution in [0.5, 0.6) is 0 Å². The first-order chi connectivity index (χ1) is 9.79. The summed E-state index contributed by atoms with van der Waals surface area (Å²) in [6, 6.07) is 9.14. The molecule has 0 fully saturated rings. The highest BCUT2D eigenvalue weighted by molar-refractivity contribution is 7.92. The van der Waals surface area contributed by atoms with Crippen molar-refractivity contribution in [3.8, 4) is 0 Å². The SMILES string of the molecule is CC(=O)c1ccc(NS(=O)(=O)c2ccc(Cl)cc2F)cc1. The first-order valence-corrected chi connectivity index (χ1v) is 7.74. The second kappa shape index (κ2) is 5.83. The van der Waals surface area contributed by atoms with Gasteiger partial charge in [0.1, 0.15) is 10.7 Å². The molecule has 0 amide bonds. The molecule has 0 saturated carbocycles. The molecule has 1 N–H and O–H groups in total. The molecule has 0 saturated heterocycles. The Balaban J connectivity index is 2.30. The zero-order valence-corrected chi connectivity index (χ0v) is 12.5. The van der Waals surface area contributed by atoms with Crippen LogP contribution in [0.2, 0.25) is 5.02 Å². The quantitative estimate of drug-likeness (QED) is 0.874. The standard InChI is InChI=1S/C14H11ClFNO3S/c1-9(18)10-2-5-12(6-3-10)17-21(19,20)14-7-4-11(15)8-13(14)16/h2-8,17H,1H3. The van der Waals surface area contributed by atoms with E-state index in [2.05, 4.69) is 4.72 Å². The Morgan fingerprint density at radius 1 is 1.14 bits per heavy atom. The number of sulfonamides is 1. The second-order valence-corrected chi connectivity index (χ2v) is 6.40. The first kappa shape index (κ1) is 15.5. The number of hydrogen-bond donors (Lipinski definition) is 1. The fraction of sp³-hybridized carbons (Fsp3) is 0.0714. The number of hydrogen-bond acceptors (Lipinski definition) is 3. The molecule has 21 heavy (non-hydrogen) atoms. The van der Waals surface area contributed by atoms with E-state index in [1.165, 1.54) is 37.3 Å². The van der Waals surface area contributed by atoms with E-state index >= 15 is 0 Å². The minimum atomic E-state index is -4.06. The number of rotatable bonds is 4. The number of Topliss-reactive ketones (excluding diaryl/α,β-unsaturated/α-hetero) is 1. The third kappa shape index (κ3) is 3.59. The van der Waals surface area contributed by atoms with Gasteiger partial charge in [-0.25, -0.2) is 12.8 Å². The molecule has 0 aliphatic heterocycles. The summed E-state index contributed by atoms with van der Waals surface area (Å²) in [7, 11) is -4.06. The van der Waals surface area contributed by atoms with Crippen LogP contribution in [-0.4, -0.2) is 14.2 Å². The molecule has 0 radical (unpaired) electrons. The number of halogens is 2. The Kier molecular flexibility index (Phi) is 4.29. The average Bonchev–Trinajstić information content (AvgIpc) is 2.38. The molecule has 0 atom stereocenters. The topological polar surface area (TPSA) is 63.2 Å². The van der Waals surface area contributed by atoms with Crippen LogP contribution in [0.4, 0.5) is 10.1 Å². The highest BCUT2D eigenvalue weighted by atomic mass is 35.5. The van der Waals surface area contributed by atoms with Gasteiger partial charge in [0.05, 0.1) is 0 Å². The molecule has 2 aromatic rings. The fourth-order valence-corrected chi connectivity index (χ4v) is 2.95. The van der Waals surface area contributed by atoms with Crippen LogP contribution in [0.3, 0.4) is 0 Å². The lowest BCUT2D eigenvalue weighted by atomic mass is 10.1. The van der Waals surface area contributed by atoms with Gasteiger partial charge in [-0.3, -0.25) is 9.52 Å². The van der Waals surface area contributed by atoms with Crippen molar-refractivity contribution in [2.75, 3.05) is 4.72 Å². The predicted octanol–water partition coefficient (Wildman–Crippen LogP) is 3.48. The molecule has 0 spiro atoms. The number of benzene rings is 2. The van der Waals surface area contributed by atoms with E-state index < -0.39 is 20.7 Å². The van der Waals surface area contributed by atoms with Crippen LogP contribution in [-0.2, 0) is 10.0 Å². The van der Waals surface area contributed by atoms with Crippen LogP contribution >= 0.6 is 11.6 Å². The van der Waals surface area contributed by atoms with Crippen LogP contribution in [0.15, 0.2) is 47.4 Å². The van der Waals surface area contributed by atoms with Crippen molar-refractivity contribution in [3.05, 3.63) is 58.9 Å². The smallest absolute Gasteiger partial charge is 0.264 e. The van der Waals surface area contributed by atoms with E-state index in [1.807, 2.05) is 0 Å². The average molecular weight is 328 g/mol.